The van der Waals surface area contributed by atoms with Crippen molar-refractivity contribution in [2.75, 3.05) is 18.5 Å². The first kappa shape index (κ1) is 28.4. The van der Waals surface area contributed by atoms with E-state index in [1.165, 1.54) is 0 Å². The van der Waals surface area contributed by atoms with Crippen LogP contribution in [0.25, 0.3) is 22.5 Å². The van der Waals surface area contributed by atoms with Crippen molar-refractivity contribution in [3.8, 4) is 28.3 Å². The third-order valence-corrected chi connectivity index (χ3v) is 8.70. The van der Waals surface area contributed by atoms with Gasteiger partial charge in [0.05, 0.1) is 31.5 Å². The van der Waals surface area contributed by atoms with Crippen LogP contribution in [0.1, 0.15) is 38.4 Å². The number of nitrogens with one attached hydrogen (secondary N) is 2. The van der Waals surface area contributed by atoms with E-state index < -0.39 is 0 Å². The number of hydrogen-bond acceptors (Lipinski definition) is 7. The van der Waals surface area contributed by atoms with Crippen molar-refractivity contribution in [3.05, 3.63) is 72.2 Å². The van der Waals surface area contributed by atoms with Crippen LogP contribution in [0.4, 0.5) is 11.5 Å². The average Bonchev–Trinajstić information content (AvgIpc) is 3.46. The van der Waals surface area contributed by atoms with Gasteiger partial charge in [-0.15, -0.1) is 0 Å². The topological polar surface area (TPSA) is 103 Å². The average molecular weight is 670 g/mol. The highest BCUT2D eigenvalue weighted by molar-refractivity contribution is 14.2. The van der Waals surface area contributed by atoms with Gasteiger partial charge in [0.15, 0.2) is 12.4 Å². The predicted octanol–water partition coefficient (Wildman–Crippen LogP) is 6.30. The number of anilines is 2. The van der Waals surface area contributed by atoms with Crippen molar-refractivity contribution in [1.29, 1.82) is 0 Å². The molecule has 0 radical (unpaired) electrons. The second-order valence-corrected chi connectivity index (χ2v) is 12.3. The fraction of sp³-hybridized carbons (Fsp3) is 0.310. The van der Waals surface area contributed by atoms with Crippen molar-refractivity contribution in [1.82, 2.24) is 24.8 Å². The van der Waals surface area contributed by atoms with E-state index in [0.717, 1.165) is 45.9 Å². The smallest absolute Gasteiger partial charge is 0.258 e. The Morgan fingerprint density at radius 2 is 1.98 bits per heavy atom. The molecule has 4 aromatic rings. The summed E-state index contributed by atoms with van der Waals surface area (Å²) in [6.45, 7) is 7.04. The molecule has 11 heteroatoms. The number of aromatic nitrogens is 4. The highest BCUT2D eigenvalue weighted by Crippen LogP contribution is 2.31. The zero-order chi connectivity index (χ0) is 28.1. The molecular formula is C29H32IN6O3P. The first-order chi connectivity index (χ1) is 19.3. The van der Waals surface area contributed by atoms with E-state index in [2.05, 4.69) is 49.9 Å². The molecule has 0 aliphatic carbocycles. The Morgan fingerprint density at radius 3 is 2.73 bits per heavy atom. The van der Waals surface area contributed by atoms with E-state index in [1.807, 2.05) is 74.0 Å². The maximum Gasteiger partial charge on any atom is 0.258 e. The normalized spacial score (nSPS) is 13.3. The number of benzene rings is 2. The minimum Gasteiger partial charge on any atom is -0.484 e. The molecule has 1 amide bonds. The highest BCUT2D eigenvalue weighted by atomic mass is 127. The Bertz CT molecular complexity index is 1490. The molecule has 208 valence electrons. The molecular weight excluding hydrogens is 638 g/mol. The maximum absolute atomic E-state index is 12.4. The fourth-order valence-corrected chi connectivity index (χ4v) is 5.32. The Hall–Kier alpha value is -3.08. The number of ether oxygens (including phenoxy) is 2. The number of amides is 1. The Labute approximate surface area is 248 Å². The summed E-state index contributed by atoms with van der Waals surface area (Å²) in [7, 11) is 0. The van der Waals surface area contributed by atoms with E-state index in [4.69, 9.17) is 19.4 Å². The van der Waals surface area contributed by atoms with Gasteiger partial charge in [-0.3, -0.25) is 4.79 Å². The monoisotopic (exact) mass is 670 g/mol. The number of carbonyl (C=O) groups is 1. The number of carbonyl (C=O) groups excluding carboxylic acids is 1. The number of fused-ring (bicyclic) bond motifs is 1. The molecule has 0 saturated heterocycles. The van der Waals surface area contributed by atoms with E-state index in [-0.39, 0.29) is 18.1 Å². The Balaban J connectivity index is 1.36. The van der Waals surface area contributed by atoms with Gasteiger partial charge in [0.1, 0.15) is 11.6 Å². The van der Waals surface area contributed by atoms with Crippen molar-refractivity contribution in [2.24, 2.45) is 0 Å². The predicted molar refractivity (Wildman–Crippen MR) is 168 cm³/mol. The van der Waals surface area contributed by atoms with Gasteiger partial charge in [-0.25, -0.2) is 14.4 Å². The molecule has 5 rings (SSSR count). The zero-order valence-corrected chi connectivity index (χ0v) is 25.9. The van der Waals surface area contributed by atoms with Crippen LogP contribution in [-0.2, 0) is 22.6 Å². The van der Waals surface area contributed by atoms with Crippen LogP contribution < -0.4 is 15.4 Å². The molecule has 1 unspecified atom stereocenters. The lowest BCUT2D eigenvalue weighted by Crippen LogP contribution is -2.44. The van der Waals surface area contributed by atoms with Crippen LogP contribution in [0.5, 0.6) is 5.75 Å². The Morgan fingerprint density at radius 1 is 1.15 bits per heavy atom. The van der Waals surface area contributed by atoms with Gasteiger partial charge in [0, 0.05) is 40.5 Å². The van der Waals surface area contributed by atoms with E-state index in [9.17, 15) is 4.79 Å². The molecule has 0 bridgehead atoms. The molecule has 0 spiro atoms. The van der Waals surface area contributed by atoms with Crippen LogP contribution in [0.2, 0.25) is 0 Å². The number of hydrogen-bond donors (Lipinski definition) is 2. The summed E-state index contributed by atoms with van der Waals surface area (Å²) in [6.07, 6.45) is 6.05. The lowest BCUT2D eigenvalue weighted by molar-refractivity contribution is -0.124. The molecule has 3 heterocycles. The van der Waals surface area contributed by atoms with E-state index in [0.29, 0.717) is 37.6 Å². The van der Waals surface area contributed by atoms with Gasteiger partial charge in [0.25, 0.3) is 5.91 Å². The minimum atomic E-state index is -0.273. The van der Waals surface area contributed by atoms with Gasteiger partial charge in [0.2, 0.25) is 0 Å². The molecule has 2 aromatic heterocycles. The minimum absolute atomic E-state index is 0.0582. The van der Waals surface area contributed by atoms with Crippen LogP contribution in [0.3, 0.4) is 0 Å². The molecule has 9 nitrogen and oxygen atoms in total. The lowest BCUT2D eigenvalue weighted by atomic mass is 10.0. The van der Waals surface area contributed by atoms with E-state index >= 15 is 0 Å². The largest absolute Gasteiger partial charge is 0.484 e. The third kappa shape index (κ3) is 6.97. The SMILES string of the molecule is CCC(C)(C)NC(=O)COc1cccc(-c2nc3c(c(Nc4ccc(-c5cnn(PI)c5)cc4)n2)COCC3)c1. The van der Waals surface area contributed by atoms with Crippen molar-refractivity contribution in [3.63, 3.8) is 0 Å². The Kier molecular flexibility index (Phi) is 8.97. The third-order valence-electron chi connectivity index (χ3n) is 6.80. The van der Waals surface area contributed by atoms with Crippen LogP contribution >= 0.6 is 28.4 Å². The summed E-state index contributed by atoms with van der Waals surface area (Å²) in [6, 6.07) is 15.8. The molecule has 1 aliphatic rings. The summed E-state index contributed by atoms with van der Waals surface area (Å²) in [4.78, 5) is 22.1. The summed E-state index contributed by atoms with van der Waals surface area (Å²) < 4.78 is 13.5. The first-order valence-electron chi connectivity index (χ1n) is 13.1. The second-order valence-electron chi connectivity index (χ2n) is 10.2. The number of halogens is 1. The number of nitrogens with zero attached hydrogens (tertiary/aromatic N) is 4. The molecule has 0 saturated carbocycles. The molecule has 0 fully saturated rings. The molecule has 2 aromatic carbocycles. The second kappa shape index (κ2) is 12.6. The summed E-state index contributed by atoms with van der Waals surface area (Å²) in [5, 5.41) is 10.9. The standard InChI is InChI=1S/C29H32IN6O3P/c1-4-29(2,3)35-26(37)18-39-23-7-5-6-20(14-23)27-33-25-12-13-38-17-24(25)28(34-27)32-22-10-8-19(9-11-22)21-15-31-36(16-21)40-30/h5-11,14-16,40H,4,12-13,17-18H2,1-3H3,(H,35,37)(H,32,33,34). The summed E-state index contributed by atoms with van der Waals surface area (Å²) in [5.41, 5.74) is 5.57. The van der Waals surface area contributed by atoms with Crippen LogP contribution in [-0.4, -0.2) is 44.2 Å². The van der Waals surface area contributed by atoms with Gasteiger partial charge < -0.3 is 20.1 Å². The van der Waals surface area contributed by atoms with Crippen molar-refractivity contribution >= 4 is 45.8 Å². The molecule has 2 N–H and O–H groups in total. The fourth-order valence-electron chi connectivity index (χ4n) is 4.24. The number of rotatable bonds is 10. The van der Waals surface area contributed by atoms with Gasteiger partial charge >= 0.3 is 0 Å². The molecule has 1 atom stereocenters. The van der Waals surface area contributed by atoms with Crippen molar-refractivity contribution in [2.45, 2.75) is 45.8 Å². The summed E-state index contributed by atoms with van der Waals surface area (Å²) >= 11 is 2.31. The molecule has 1 aliphatic heterocycles. The quantitative estimate of drug-likeness (QED) is 0.151. The highest BCUT2D eigenvalue weighted by Gasteiger charge is 2.20. The first-order valence-corrected chi connectivity index (χ1v) is 17.2. The molecule has 40 heavy (non-hydrogen) atoms. The maximum atomic E-state index is 12.4. The van der Waals surface area contributed by atoms with Crippen LogP contribution in [0.15, 0.2) is 60.9 Å². The van der Waals surface area contributed by atoms with Gasteiger partial charge in [-0.2, -0.15) is 5.10 Å². The van der Waals surface area contributed by atoms with Crippen molar-refractivity contribution < 1.29 is 14.3 Å². The summed E-state index contributed by atoms with van der Waals surface area (Å²) in [5.74, 6) is 1.75. The van der Waals surface area contributed by atoms with Gasteiger partial charge in [-0.1, -0.05) is 31.2 Å². The lowest BCUT2D eigenvalue weighted by Gasteiger charge is -2.24. The van der Waals surface area contributed by atoms with Crippen LogP contribution in [0, 0.1) is 0 Å². The zero-order valence-electron chi connectivity index (χ0n) is 22.7. The van der Waals surface area contributed by atoms with Gasteiger partial charge in [-0.05, 0) is 72.1 Å². The van der Waals surface area contributed by atoms with E-state index in [1.54, 1.807) is 0 Å².